The molecule has 0 amide bonds. The molecule has 0 bridgehead atoms. The lowest BCUT2D eigenvalue weighted by Gasteiger charge is -2.35. The molecular weight excluding hydrogens is 272 g/mol. The molecule has 0 aromatic carbocycles. The van der Waals surface area contributed by atoms with Gasteiger partial charge < -0.3 is 4.90 Å². The number of nitriles is 1. The number of hydrogen-bond acceptors (Lipinski definition) is 4. The summed E-state index contributed by atoms with van der Waals surface area (Å²) in [5.74, 6) is 0. The minimum Gasteiger partial charge on any atom is -0.375 e. The maximum atomic E-state index is 11.8. The van der Waals surface area contributed by atoms with Gasteiger partial charge in [0.05, 0.1) is 0 Å². The molecular formula is C15H22N2O2S. The van der Waals surface area contributed by atoms with E-state index >= 15 is 0 Å². The molecule has 0 aromatic heterocycles. The molecule has 0 radical (unpaired) electrons. The van der Waals surface area contributed by atoms with Crippen LogP contribution < -0.4 is 0 Å². The molecule has 1 heterocycles. The van der Waals surface area contributed by atoms with Gasteiger partial charge in [0, 0.05) is 25.0 Å². The number of allylic oxidation sites excluding steroid dienone is 4. The summed E-state index contributed by atoms with van der Waals surface area (Å²) in [5, 5.41) is 9.21. The maximum absolute atomic E-state index is 11.8. The van der Waals surface area contributed by atoms with E-state index in [1.165, 1.54) is 18.5 Å². The summed E-state index contributed by atoms with van der Waals surface area (Å²) >= 11 is 0. The van der Waals surface area contributed by atoms with Gasteiger partial charge in [-0.3, -0.25) is 0 Å². The number of nitrogens with zero attached hydrogens (tertiary/aromatic N) is 2. The van der Waals surface area contributed by atoms with Crippen molar-refractivity contribution in [1.29, 1.82) is 5.26 Å². The summed E-state index contributed by atoms with van der Waals surface area (Å²) in [6.45, 7) is 6.34. The number of likely N-dealkylation sites (tertiary alicyclic amines) is 1. The van der Waals surface area contributed by atoms with Gasteiger partial charge in [-0.2, -0.15) is 5.26 Å². The Hall–Kier alpha value is -1.28. The van der Waals surface area contributed by atoms with Crippen molar-refractivity contribution in [2.45, 2.75) is 39.5 Å². The molecule has 0 aromatic rings. The standard InChI is InChI=1S/C15H22N2O2S/c1-15(2)9-12(14(11-16)20(3,18)19)8-13(10-15)17-6-4-5-7-17/h8H,4-7,9-10H2,1-3H3/b14-12-. The number of sulfone groups is 1. The van der Waals surface area contributed by atoms with Crippen molar-refractivity contribution in [3.63, 3.8) is 0 Å². The molecule has 1 saturated heterocycles. The first kappa shape index (κ1) is 15.1. The lowest BCUT2D eigenvalue weighted by atomic mass is 9.77. The fraction of sp³-hybridized carbons (Fsp3) is 0.667. The molecule has 4 nitrogen and oxygen atoms in total. The van der Waals surface area contributed by atoms with E-state index in [1.807, 2.05) is 12.1 Å². The van der Waals surface area contributed by atoms with Crippen molar-refractivity contribution in [3.8, 4) is 6.07 Å². The van der Waals surface area contributed by atoms with Gasteiger partial charge in [0.25, 0.3) is 0 Å². The van der Waals surface area contributed by atoms with Gasteiger partial charge in [-0.1, -0.05) is 13.8 Å². The van der Waals surface area contributed by atoms with Crippen molar-refractivity contribution < 1.29 is 8.42 Å². The zero-order chi connectivity index (χ0) is 15.0. The zero-order valence-electron chi connectivity index (χ0n) is 12.4. The van der Waals surface area contributed by atoms with E-state index in [9.17, 15) is 13.7 Å². The van der Waals surface area contributed by atoms with Crippen LogP contribution in [0.25, 0.3) is 0 Å². The molecule has 2 aliphatic rings. The molecule has 1 fully saturated rings. The van der Waals surface area contributed by atoms with Crippen LogP contribution >= 0.6 is 0 Å². The Balaban J connectivity index is 2.49. The van der Waals surface area contributed by atoms with Crippen LogP contribution in [-0.2, 0) is 9.84 Å². The van der Waals surface area contributed by atoms with Gasteiger partial charge in [0.1, 0.15) is 11.0 Å². The highest BCUT2D eigenvalue weighted by Crippen LogP contribution is 2.41. The van der Waals surface area contributed by atoms with Gasteiger partial charge in [-0.15, -0.1) is 0 Å². The topological polar surface area (TPSA) is 61.2 Å². The van der Waals surface area contributed by atoms with Gasteiger partial charge in [-0.05, 0) is 42.7 Å². The second-order valence-electron chi connectivity index (χ2n) is 6.59. The molecule has 1 aliphatic heterocycles. The van der Waals surface area contributed by atoms with Gasteiger partial charge >= 0.3 is 0 Å². The van der Waals surface area contributed by atoms with Crippen molar-refractivity contribution >= 4 is 9.84 Å². The van der Waals surface area contributed by atoms with Gasteiger partial charge in [-0.25, -0.2) is 8.42 Å². The first-order valence-corrected chi connectivity index (χ1v) is 8.91. The highest BCUT2D eigenvalue weighted by molar-refractivity contribution is 7.94. The predicted octanol–water partition coefficient (Wildman–Crippen LogP) is 2.61. The van der Waals surface area contributed by atoms with Crippen molar-refractivity contribution in [1.82, 2.24) is 4.90 Å². The van der Waals surface area contributed by atoms with Crippen LogP contribution in [0.2, 0.25) is 0 Å². The largest absolute Gasteiger partial charge is 0.375 e. The lowest BCUT2D eigenvalue weighted by Crippen LogP contribution is -2.28. The molecule has 0 unspecified atom stereocenters. The van der Waals surface area contributed by atoms with Gasteiger partial charge in [0.15, 0.2) is 9.84 Å². The summed E-state index contributed by atoms with van der Waals surface area (Å²) in [5.41, 5.74) is 1.85. The average molecular weight is 294 g/mol. The van der Waals surface area contributed by atoms with E-state index < -0.39 is 9.84 Å². The molecule has 1 aliphatic carbocycles. The molecule has 20 heavy (non-hydrogen) atoms. The second kappa shape index (κ2) is 5.25. The van der Waals surface area contributed by atoms with Crippen LogP contribution in [-0.4, -0.2) is 32.7 Å². The normalized spacial score (nSPS) is 25.1. The second-order valence-corrected chi connectivity index (χ2v) is 8.54. The van der Waals surface area contributed by atoms with E-state index in [0.29, 0.717) is 12.0 Å². The monoisotopic (exact) mass is 294 g/mol. The minimum absolute atomic E-state index is 0.00516. The third kappa shape index (κ3) is 3.24. The first-order valence-electron chi connectivity index (χ1n) is 7.02. The Morgan fingerprint density at radius 1 is 1.30 bits per heavy atom. The SMILES string of the molecule is CC1(C)CC(N2CCCC2)=C/C(=C(\C#N)S(C)(=O)=O)C1. The van der Waals surface area contributed by atoms with Crippen LogP contribution in [0.4, 0.5) is 0 Å². The minimum atomic E-state index is -3.46. The molecule has 0 N–H and O–H groups in total. The summed E-state index contributed by atoms with van der Waals surface area (Å²) in [4.78, 5) is 2.26. The average Bonchev–Trinajstić information content (AvgIpc) is 2.78. The molecule has 110 valence electrons. The quantitative estimate of drug-likeness (QED) is 0.734. The third-order valence-corrected chi connectivity index (χ3v) is 5.04. The lowest BCUT2D eigenvalue weighted by molar-refractivity contribution is 0.290. The Kier molecular flexibility index (Phi) is 3.97. The van der Waals surface area contributed by atoms with Crippen molar-refractivity contribution in [2.24, 2.45) is 5.41 Å². The Labute approximate surface area is 121 Å². The predicted molar refractivity (Wildman–Crippen MR) is 79.4 cm³/mol. The molecule has 0 spiro atoms. The third-order valence-electron chi connectivity index (χ3n) is 3.95. The summed E-state index contributed by atoms with van der Waals surface area (Å²) in [6, 6.07) is 1.89. The fourth-order valence-corrected chi connectivity index (χ4v) is 3.89. The van der Waals surface area contributed by atoms with Crippen LogP contribution in [0.3, 0.4) is 0 Å². The van der Waals surface area contributed by atoms with Crippen LogP contribution in [0.5, 0.6) is 0 Å². The van der Waals surface area contributed by atoms with E-state index in [0.717, 1.165) is 25.8 Å². The van der Waals surface area contributed by atoms with Crippen LogP contribution in [0, 0.1) is 16.7 Å². The zero-order valence-corrected chi connectivity index (χ0v) is 13.3. The van der Waals surface area contributed by atoms with E-state index in [2.05, 4.69) is 18.7 Å². The number of hydrogen-bond donors (Lipinski definition) is 0. The maximum Gasteiger partial charge on any atom is 0.185 e. The highest BCUT2D eigenvalue weighted by Gasteiger charge is 2.31. The van der Waals surface area contributed by atoms with Crippen molar-refractivity contribution in [3.05, 3.63) is 22.3 Å². The van der Waals surface area contributed by atoms with E-state index in [-0.39, 0.29) is 10.3 Å². The van der Waals surface area contributed by atoms with Crippen LogP contribution in [0.15, 0.2) is 22.3 Å². The summed E-state index contributed by atoms with van der Waals surface area (Å²) < 4.78 is 23.6. The molecule has 2 rings (SSSR count). The number of rotatable bonds is 2. The Bertz CT molecular complexity index is 600. The van der Waals surface area contributed by atoms with Crippen molar-refractivity contribution in [2.75, 3.05) is 19.3 Å². The van der Waals surface area contributed by atoms with E-state index in [1.54, 1.807) is 0 Å². The summed E-state index contributed by atoms with van der Waals surface area (Å²) in [7, 11) is -3.46. The van der Waals surface area contributed by atoms with Crippen LogP contribution in [0.1, 0.15) is 39.5 Å². The van der Waals surface area contributed by atoms with Gasteiger partial charge in [0.2, 0.25) is 0 Å². The first-order chi connectivity index (χ1) is 9.23. The Morgan fingerprint density at radius 3 is 2.40 bits per heavy atom. The molecule has 0 atom stereocenters. The fourth-order valence-electron chi connectivity index (χ4n) is 3.12. The molecule has 0 saturated carbocycles. The summed E-state index contributed by atoms with van der Waals surface area (Å²) in [6.07, 6.45) is 7.01. The highest BCUT2D eigenvalue weighted by atomic mass is 32.2. The van der Waals surface area contributed by atoms with E-state index in [4.69, 9.17) is 0 Å². The Morgan fingerprint density at radius 2 is 1.90 bits per heavy atom. The molecule has 5 heteroatoms. The smallest absolute Gasteiger partial charge is 0.185 e.